The van der Waals surface area contributed by atoms with Gasteiger partial charge in [0.25, 0.3) is 0 Å². The zero-order valence-corrected chi connectivity index (χ0v) is 22.1. The maximum absolute atomic E-state index is 5.61. The lowest BCUT2D eigenvalue weighted by Crippen LogP contribution is -2.00. The monoisotopic (exact) mass is 517 g/mol. The number of aliphatic imine (C=N–C) groups is 1. The SMILES string of the molecule is C/C=C(\N=C/N)c1ccc(-c2ccc(-c3nc(-c4ccccc4)nc(-c4ccccc4)n3)cc2)c2ccccc12. The molecule has 0 fully saturated rings. The van der Waals surface area contributed by atoms with Gasteiger partial charge in [-0.1, -0.05) is 127 Å². The van der Waals surface area contributed by atoms with E-state index in [9.17, 15) is 0 Å². The average molecular weight is 518 g/mol. The van der Waals surface area contributed by atoms with Crippen molar-refractivity contribution in [2.45, 2.75) is 6.92 Å². The summed E-state index contributed by atoms with van der Waals surface area (Å²) in [5.74, 6) is 1.93. The van der Waals surface area contributed by atoms with E-state index in [2.05, 4.69) is 59.6 Å². The number of rotatable bonds is 6. The van der Waals surface area contributed by atoms with E-state index in [1.807, 2.05) is 79.7 Å². The molecule has 6 rings (SSSR count). The summed E-state index contributed by atoms with van der Waals surface area (Å²) >= 11 is 0. The first-order chi connectivity index (χ1) is 19.7. The first-order valence-corrected chi connectivity index (χ1v) is 13.2. The molecule has 0 radical (unpaired) electrons. The molecule has 0 saturated heterocycles. The van der Waals surface area contributed by atoms with Gasteiger partial charge in [-0.15, -0.1) is 0 Å². The Morgan fingerprint density at radius 3 is 1.55 bits per heavy atom. The van der Waals surface area contributed by atoms with Gasteiger partial charge in [0.05, 0.1) is 12.0 Å². The van der Waals surface area contributed by atoms with Crippen LogP contribution in [0.3, 0.4) is 0 Å². The molecule has 0 saturated carbocycles. The summed E-state index contributed by atoms with van der Waals surface area (Å²) in [6.45, 7) is 1.97. The fraction of sp³-hybridized carbons (Fsp3) is 0.0286. The Morgan fingerprint density at radius 1 is 0.550 bits per heavy atom. The van der Waals surface area contributed by atoms with Crippen molar-refractivity contribution >= 4 is 22.8 Å². The van der Waals surface area contributed by atoms with E-state index in [1.165, 1.54) is 6.34 Å². The molecule has 0 aliphatic rings. The number of nitrogens with two attached hydrogens (primary N) is 1. The molecular weight excluding hydrogens is 490 g/mol. The highest BCUT2D eigenvalue weighted by Crippen LogP contribution is 2.35. The zero-order chi connectivity index (χ0) is 27.3. The Morgan fingerprint density at radius 2 is 1.02 bits per heavy atom. The van der Waals surface area contributed by atoms with Crippen molar-refractivity contribution in [2.24, 2.45) is 10.7 Å². The maximum Gasteiger partial charge on any atom is 0.164 e. The van der Waals surface area contributed by atoms with Crippen molar-refractivity contribution in [3.05, 3.63) is 133 Å². The van der Waals surface area contributed by atoms with Crippen LogP contribution in [0.4, 0.5) is 0 Å². The second-order valence-corrected chi connectivity index (χ2v) is 9.27. The van der Waals surface area contributed by atoms with Gasteiger partial charge in [-0.25, -0.2) is 19.9 Å². The van der Waals surface area contributed by atoms with Crippen LogP contribution in [-0.4, -0.2) is 21.3 Å². The first kappa shape index (κ1) is 24.9. The second kappa shape index (κ2) is 11.1. The number of fused-ring (bicyclic) bond motifs is 1. The fourth-order valence-electron chi connectivity index (χ4n) is 4.89. The van der Waals surface area contributed by atoms with Gasteiger partial charge in [0, 0.05) is 22.3 Å². The highest BCUT2D eigenvalue weighted by molar-refractivity contribution is 6.03. The van der Waals surface area contributed by atoms with Crippen LogP contribution in [0.15, 0.2) is 132 Å². The Bertz CT molecular complexity index is 1780. The molecule has 5 aromatic carbocycles. The molecule has 0 aliphatic heterocycles. The van der Waals surface area contributed by atoms with Gasteiger partial charge in [0.15, 0.2) is 17.5 Å². The minimum atomic E-state index is 0.636. The quantitative estimate of drug-likeness (QED) is 0.179. The lowest BCUT2D eigenvalue weighted by molar-refractivity contribution is 1.07. The van der Waals surface area contributed by atoms with Crippen molar-refractivity contribution in [1.29, 1.82) is 0 Å². The number of allylic oxidation sites excluding steroid dienone is 1. The summed E-state index contributed by atoms with van der Waals surface area (Å²) in [7, 11) is 0. The Hall–Kier alpha value is -5.42. The Kier molecular flexibility index (Phi) is 6.93. The van der Waals surface area contributed by atoms with E-state index >= 15 is 0 Å². The second-order valence-electron chi connectivity index (χ2n) is 9.27. The first-order valence-electron chi connectivity index (χ1n) is 13.2. The zero-order valence-electron chi connectivity index (χ0n) is 22.1. The molecule has 40 heavy (non-hydrogen) atoms. The van der Waals surface area contributed by atoms with Crippen LogP contribution < -0.4 is 5.73 Å². The summed E-state index contributed by atoms with van der Waals surface area (Å²) < 4.78 is 0. The van der Waals surface area contributed by atoms with Crippen LogP contribution in [0.5, 0.6) is 0 Å². The Balaban J connectivity index is 1.43. The molecule has 6 aromatic rings. The van der Waals surface area contributed by atoms with Crippen LogP contribution in [0, 0.1) is 0 Å². The number of aromatic nitrogens is 3. The molecule has 0 unspecified atom stereocenters. The molecule has 0 atom stereocenters. The topological polar surface area (TPSA) is 77.0 Å². The summed E-state index contributed by atoms with van der Waals surface area (Å²) in [5.41, 5.74) is 12.6. The van der Waals surface area contributed by atoms with E-state index in [0.29, 0.717) is 17.5 Å². The maximum atomic E-state index is 5.61. The van der Waals surface area contributed by atoms with Gasteiger partial charge >= 0.3 is 0 Å². The minimum Gasteiger partial charge on any atom is -0.390 e. The van der Waals surface area contributed by atoms with Crippen molar-refractivity contribution in [2.75, 3.05) is 0 Å². The predicted molar refractivity (Wildman–Crippen MR) is 165 cm³/mol. The third kappa shape index (κ3) is 4.88. The molecule has 0 spiro atoms. The third-order valence-corrected chi connectivity index (χ3v) is 6.84. The summed E-state index contributed by atoms with van der Waals surface area (Å²) in [6, 6.07) is 41.1. The molecule has 192 valence electrons. The van der Waals surface area contributed by atoms with E-state index < -0.39 is 0 Å². The lowest BCUT2D eigenvalue weighted by Gasteiger charge is -2.13. The third-order valence-electron chi connectivity index (χ3n) is 6.84. The standard InChI is InChI=1S/C35H27N5/c1-2-32(37-23-36)31-22-21-28(29-15-9-10-16-30(29)31)24-17-19-27(20-18-24)35-39-33(25-11-5-3-6-12-25)38-34(40-35)26-13-7-4-8-14-26/h2-23H,1H3,(H2,36,37)/b32-2-. The highest BCUT2D eigenvalue weighted by Gasteiger charge is 2.14. The van der Waals surface area contributed by atoms with E-state index in [0.717, 1.165) is 49.9 Å². The predicted octanol–water partition coefficient (Wildman–Crippen LogP) is 8.04. The molecule has 5 nitrogen and oxygen atoms in total. The van der Waals surface area contributed by atoms with Crippen LogP contribution in [0.2, 0.25) is 0 Å². The summed E-state index contributed by atoms with van der Waals surface area (Å²) in [4.78, 5) is 18.9. The smallest absolute Gasteiger partial charge is 0.164 e. The molecule has 0 bridgehead atoms. The van der Waals surface area contributed by atoms with E-state index in [1.54, 1.807) is 0 Å². The largest absolute Gasteiger partial charge is 0.390 e. The van der Waals surface area contributed by atoms with Gasteiger partial charge in [0.1, 0.15) is 0 Å². The van der Waals surface area contributed by atoms with Crippen molar-refractivity contribution in [3.63, 3.8) is 0 Å². The van der Waals surface area contributed by atoms with Gasteiger partial charge < -0.3 is 5.73 Å². The number of hydrogen-bond acceptors (Lipinski definition) is 4. The molecule has 0 amide bonds. The van der Waals surface area contributed by atoms with Crippen LogP contribution >= 0.6 is 0 Å². The average Bonchev–Trinajstić information content (AvgIpc) is 3.04. The van der Waals surface area contributed by atoms with Gasteiger partial charge in [-0.05, 0) is 28.8 Å². The normalized spacial score (nSPS) is 11.8. The highest BCUT2D eigenvalue weighted by atomic mass is 15.0. The molecule has 0 aliphatic carbocycles. The number of benzene rings is 5. The van der Waals surface area contributed by atoms with Gasteiger partial charge in [-0.2, -0.15) is 0 Å². The van der Waals surface area contributed by atoms with Crippen LogP contribution in [-0.2, 0) is 0 Å². The van der Waals surface area contributed by atoms with E-state index in [-0.39, 0.29) is 0 Å². The van der Waals surface area contributed by atoms with Crippen molar-refractivity contribution in [3.8, 4) is 45.3 Å². The molecule has 2 N–H and O–H groups in total. The molecule has 1 aromatic heterocycles. The molecule has 5 heteroatoms. The van der Waals surface area contributed by atoms with Gasteiger partial charge in [-0.3, -0.25) is 0 Å². The van der Waals surface area contributed by atoms with Crippen molar-refractivity contribution < 1.29 is 0 Å². The van der Waals surface area contributed by atoms with E-state index in [4.69, 9.17) is 20.7 Å². The van der Waals surface area contributed by atoms with Crippen molar-refractivity contribution in [1.82, 2.24) is 15.0 Å². The molecule has 1 heterocycles. The lowest BCUT2D eigenvalue weighted by atomic mass is 9.93. The van der Waals surface area contributed by atoms with Gasteiger partial charge in [0.2, 0.25) is 0 Å². The number of hydrogen-bond donors (Lipinski definition) is 1. The van der Waals surface area contributed by atoms with Crippen LogP contribution in [0.1, 0.15) is 12.5 Å². The Labute approximate surface area is 233 Å². The molecular formula is C35H27N5. The fourth-order valence-corrected chi connectivity index (χ4v) is 4.89. The summed E-state index contributed by atoms with van der Waals surface area (Å²) in [5, 5.41) is 2.28. The number of nitrogens with zero attached hydrogens (tertiary/aromatic N) is 4. The van der Waals surface area contributed by atoms with Crippen LogP contribution in [0.25, 0.3) is 61.8 Å². The minimum absolute atomic E-state index is 0.636. The summed E-state index contributed by atoms with van der Waals surface area (Å²) in [6.07, 6.45) is 3.31.